The Labute approximate surface area is 124 Å². The molecule has 2 N–H and O–H groups in total. The molecule has 0 spiro atoms. The van der Waals surface area contributed by atoms with Crippen LogP contribution in [0.15, 0.2) is 23.1 Å². The third-order valence-electron chi connectivity index (χ3n) is 3.51. The van der Waals surface area contributed by atoms with Gasteiger partial charge in [0.1, 0.15) is 0 Å². The van der Waals surface area contributed by atoms with Gasteiger partial charge in [-0.2, -0.15) is 0 Å². The fourth-order valence-corrected chi connectivity index (χ4v) is 3.74. The molecule has 2 atom stereocenters. The highest BCUT2D eigenvalue weighted by molar-refractivity contribution is 7.89. The summed E-state index contributed by atoms with van der Waals surface area (Å²) in [6.07, 6.45) is 0.853. The first-order valence-corrected chi connectivity index (χ1v) is 8.29. The zero-order valence-electron chi connectivity index (χ0n) is 11.2. The van der Waals surface area contributed by atoms with E-state index >= 15 is 0 Å². The first-order valence-electron chi connectivity index (χ1n) is 6.43. The Morgan fingerprint density at radius 1 is 1.55 bits per heavy atom. The van der Waals surface area contributed by atoms with Gasteiger partial charge < -0.3 is 9.84 Å². The van der Waals surface area contributed by atoms with Crippen molar-refractivity contribution < 1.29 is 18.3 Å². The summed E-state index contributed by atoms with van der Waals surface area (Å²) in [5, 5.41) is 9.50. The lowest BCUT2D eigenvalue weighted by molar-refractivity contribution is 0.180. The van der Waals surface area contributed by atoms with E-state index in [1.165, 1.54) is 18.2 Å². The number of aliphatic hydroxyl groups is 1. The molecule has 2 unspecified atom stereocenters. The van der Waals surface area contributed by atoms with Crippen LogP contribution >= 0.6 is 11.6 Å². The number of sulfonamides is 1. The molecule has 1 aromatic rings. The second-order valence-corrected chi connectivity index (χ2v) is 7.07. The molecule has 20 heavy (non-hydrogen) atoms. The van der Waals surface area contributed by atoms with Crippen molar-refractivity contribution in [1.29, 1.82) is 0 Å². The zero-order chi connectivity index (χ0) is 14.8. The van der Waals surface area contributed by atoms with Crippen molar-refractivity contribution in [1.82, 2.24) is 4.72 Å². The fraction of sp³-hybridized carbons (Fsp3) is 0.538. The number of rotatable bonds is 5. The molecule has 1 aliphatic rings. The second-order valence-electron chi connectivity index (χ2n) is 4.94. The van der Waals surface area contributed by atoms with Gasteiger partial charge in [0.05, 0.1) is 18.1 Å². The minimum atomic E-state index is -3.62. The van der Waals surface area contributed by atoms with E-state index < -0.39 is 10.0 Å². The normalized spacial score (nSPS) is 21.1. The van der Waals surface area contributed by atoms with Crippen molar-refractivity contribution >= 4 is 21.6 Å². The molecule has 1 fully saturated rings. The quantitative estimate of drug-likeness (QED) is 0.863. The van der Waals surface area contributed by atoms with Gasteiger partial charge in [0, 0.05) is 23.6 Å². The summed E-state index contributed by atoms with van der Waals surface area (Å²) < 4.78 is 32.5. The smallest absolute Gasteiger partial charge is 0.240 e. The van der Waals surface area contributed by atoms with Crippen LogP contribution in [0.1, 0.15) is 18.9 Å². The lowest BCUT2D eigenvalue weighted by Crippen LogP contribution is -2.38. The van der Waals surface area contributed by atoms with E-state index in [9.17, 15) is 8.42 Å². The van der Waals surface area contributed by atoms with Crippen LogP contribution in [0.4, 0.5) is 0 Å². The van der Waals surface area contributed by atoms with Crippen molar-refractivity contribution in [2.24, 2.45) is 5.92 Å². The van der Waals surface area contributed by atoms with E-state index in [-0.39, 0.29) is 23.5 Å². The highest BCUT2D eigenvalue weighted by Crippen LogP contribution is 2.22. The predicted octanol–water partition coefficient (Wildman–Crippen LogP) is 1.54. The van der Waals surface area contributed by atoms with Crippen molar-refractivity contribution in [3.63, 3.8) is 0 Å². The number of aliphatic hydroxyl groups excluding tert-OH is 1. The number of hydrogen-bond donors (Lipinski definition) is 2. The van der Waals surface area contributed by atoms with Gasteiger partial charge in [0.25, 0.3) is 0 Å². The molecular formula is C13H18ClNO4S. The maximum atomic E-state index is 12.3. The summed E-state index contributed by atoms with van der Waals surface area (Å²) in [5.41, 5.74) is 0.395. The molecule has 0 saturated carbocycles. The second kappa shape index (κ2) is 6.41. The molecule has 0 aromatic heterocycles. The minimum absolute atomic E-state index is 0.108. The SMILES string of the molecule is CC(NS(=O)(=O)c1ccc(Cl)c(CO)c1)C1CCOC1. The van der Waals surface area contributed by atoms with Crippen LogP contribution in [0.3, 0.4) is 0 Å². The molecule has 0 amide bonds. The maximum Gasteiger partial charge on any atom is 0.240 e. The van der Waals surface area contributed by atoms with E-state index in [0.29, 0.717) is 23.8 Å². The lowest BCUT2D eigenvalue weighted by Gasteiger charge is -2.19. The van der Waals surface area contributed by atoms with Crippen LogP contribution in [-0.4, -0.2) is 32.8 Å². The zero-order valence-corrected chi connectivity index (χ0v) is 12.7. The number of halogens is 1. The van der Waals surface area contributed by atoms with Crippen LogP contribution in [0.2, 0.25) is 5.02 Å². The van der Waals surface area contributed by atoms with Crippen LogP contribution in [-0.2, 0) is 21.4 Å². The van der Waals surface area contributed by atoms with E-state index in [4.69, 9.17) is 21.4 Å². The Morgan fingerprint density at radius 2 is 2.30 bits per heavy atom. The molecule has 2 rings (SSSR count). The summed E-state index contributed by atoms with van der Waals surface area (Å²) in [6.45, 7) is 2.78. The van der Waals surface area contributed by atoms with Gasteiger partial charge in [-0.3, -0.25) is 0 Å². The average Bonchev–Trinajstić information content (AvgIpc) is 2.92. The van der Waals surface area contributed by atoms with Crippen molar-refractivity contribution in [2.75, 3.05) is 13.2 Å². The summed E-state index contributed by atoms with van der Waals surface area (Å²) in [6, 6.07) is 4.10. The number of ether oxygens (including phenoxy) is 1. The van der Waals surface area contributed by atoms with Crippen molar-refractivity contribution in [3.8, 4) is 0 Å². The van der Waals surface area contributed by atoms with E-state index in [1.807, 2.05) is 6.92 Å². The van der Waals surface area contributed by atoms with Crippen LogP contribution in [0, 0.1) is 5.92 Å². The number of nitrogens with one attached hydrogen (secondary N) is 1. The maximum absolute atomic E-state index is 12.3. The first-order chi connectivity index (χ1) is 9.44. The van der Waals surface area contributed by atoms with Gasteiger partial charge in [0.15, 0.2) is 0 Å². The molecule has 0 aliphatic carbocycles. The van der Waals surface area contributed by atoms with Gasteiger partial charge in [-0.05, 0) is 37.1 Å². The Bertz CT molecular complexity index is 570. The molecule has 1 aromatic carbocycles. The molecule has 5 nitrogen and oxygen atoms in total. The van der Waals surface area contributed by atoms with E-state index in [2.05, 4.69) is 4.72 Å². The highest BCUT2D eigenvalue weighted by atomic mass is 35.5. The largest absolute Gasteiger partial charge is 0.392 e. The van der Waals surface area contributed by atoms with Crippen molar-refractivity contribution in [3.05, 3.63) is 28.8 Å². The average molecular weight is 320 g/mol. The van der Waals surface area contributed by atoms with Gasteiger partial charge in [-0.15, -0.1) is 0 Å². The van der Waals surface area contributed by atoms with Gasteiger partial charge >= 0.3 is 0 Å². The van der Waals surface area contributed by atoms with Crippen LogP contribution < -0.4 is 4.72 Å². The van der Waals surface area contributed by atoms with Gasteiger partial charge in [-0.25, -0.2) is 13.1 Å². The Hall–Kier alpha value is -0.660. The molecular weight excluding hydrogens is 302 g/mol. The van der Waals surface area contributed by atoms with E-state index in [1.54, 1.807) is 0 Å². The third-order valence-corrected chi connectivity index (χ3v) is 5.44. The molecule has 1 saturated heterocycles. The molecule has 1 heterocycles. The summed E-state index contributed by atoms with van der Waals surface area (Å²) in [7, 11) is -3.62. The van der Waals surface area contributed by atoms with Gasteiger partial charge in [-0.1, -0.05) is 11.6 Å². The van der Waals surface area contributed by atoms with Gasteiger partial charge in [0.2, 0.25) is 10.0 Å². The monoisotopic (exact) mass is 319 g/mol. The van der Waals surface area contributed by atoms with Crippen LogP contribution in [0.25, 0.3) is 0 Å². The number of hydrogen-bond acceptors (Lipinski definition) is 4. The Morgan fingerprint density at radius 3 is 2.90 bits per heavy atom. The molecule has 1 aliphatic heterocycles. The van der Waals surface area contributed by atoms with E-state index in [0.717, 1.165) is 6.42 Å². The Kier molecular flexibility index (Phi) is 5.04. The fourth-order valence-electron chi connectivity index (χ4n) is 2.20. The minimum Gasteiger partial charge on any atom is -0.392 e. The van der Waals surface area contributed by atoms with Crippen molar-refractivity contribution in [2.45, 2.75) is 30.9 Å². The number of benzene rings is 1. The summed E-state index contributed by atoms with van der Waals surface area (Å²) in [5.74, 6) is 0.189. The topological polar surface area (TPSA) is 75.6 Å². The lowest BCUT2D eigenvalue weighted by atomic mass is 10.0. The molecule has 7 heteroatoms. The highest BCUT2D eigenvalue weighted by Gasteiger charge is 2.27. The first kappa shape index (κ1) is 15.7. The molecule has 112 valence electrons. The Balaban J connectivity index is 2.17. The standard InChI is InChI=1S/C13H18ClNO4S/c1-9(10-4-5-19-8-10)15-20(17,18)12-2-3-13(14)11(6-12)7-16/h2-3,6,9-10,15-16H,4-5,7-8H2,1H3. The predicted molar refractivity (Wildman–Crippen MR) is 76.1 cm³/mol. The third kappa shape index (κ3) is 3.51. The summed E-state index contributed by atoms with van der Waals surface area (Å²) in [4.78, 5) is 0.108. The summed E-state index contributed by atoms with van der Waals surface area (Å²) >= 11 is 5.86. The molecule has 0 bridgehead atoms. The van der Waals surface area contributed by atoms with Crippen LogP contribution in [0.5, 0.6) is 0 Å². The molecule has 0 radical (unpaired) electrons.